The van der Waals surface area contributed by atoms with Crippen LogP contribution in [0.25, 0.3) is 0 Å². The summed E-state index contributed by atoms with van der Waals surface area (Å²) in [5, 5.41) is 0. The molecule has 5 nitrogen and oxygen atoms in total. The molecule has 1 saturated heterocycles. The van der Waals surface area contributed by atoms with Gasteiger partial charge in [0.1, 0.15) is 5.60 Å². The van der Waals surface area contributed by atoms with E-state index in [1.807, 2.05) is 38.2 Å². The zero-order valence-corrected chi connectivity index (χ0v) is 13.6. The van der Waals surface area contributed by atoms with Crippen LogP contribution in [0.2, 0.25) is 0 Å². The van der Waals surface area contributed by atoms with Gasteiger partial charge in [-0.25, -0.2) is 9.78 Å². The second-order valence-electron chi connectivity index (χ2n) is 6.70. The molecule has 21 heavy (non-hydrogen) atoms. The van der Waals surface area contributed by atoms with E-state index in [0.29, 0.717) is 0 Å². The molecule has 1 unspecified atom stereocenters. The van der Waals surface area contributed by atoms with Gasteiger partial charge in [0, 0.05) is 13.1 Å². The minimum atomic E-state index is -0.452. The van der Waals surface area contributed by atoms with Gasteiger partial charge in [-0.05, 0) is 40.0 Å². The molecule has 0 radical (unpaired) electrons. The normalized spacial score (nSPS) is 19.0. The van der Waals surface area contributed by atoms with E-state index >= 15 is 0 Å². The molecule has 2 rings (SSSR count). The largest absolute Gasteiger partial charge is 0.444 e. The maximum Gasteiger partial charge on any atom is 0.410 e. The summed E-state index contributed by atoms with van der Waals surface area (Å²) in [6.45, 7) is 9.62. The number of carbonyl (C=O) groups excluding carboxylic acids is 1. The molecule has 0 N–H and O–H groups in total. The summed E-state index contributed by atoms with van der Waals surface area (Å²) in [6, 6.07) is 0.0965. The number of carbonyl (C=O) groups is 1. The van der Waals surface area contributed by atoms with Crippen molar-refractivity contribution in [2.45, 2.75) is 71.6 Å². The van der Waals surface area contributed by atoms with Gasteiger partial charge in [-0.3, -0.25) is 4.90 Å². The third kappa shape index (κ3) is 3.99. The average molecular weight is 293 g/mol. The van der Waals surface area contributed by atoms with Crippen LogP contribution < -0.4 is 0 Å². The van der Waals surface area contributed by atoms with Crippen LogP contribution in [0.1, 0.15) is 65.1 Å². The standard InChI is InChI=1S/C16H27N3O2/c1-5-6-9-18-12-17-11-14(18)13-8-7-10-19(13)15(20)21-16(2,3)4/h11-13H,5-10H2,1-4H3. The number of rotatable bonds is 4. The molecule has 1 aromatic heterocycles. The van der Waals surface area contributed by atoms with E-state index in [-0.39, 0.29) is 12.1 Å². The zero-order chi connectivity index (χ0) is 15.5. The second-order valence-corrected chi connectivity index (χ2v) is 6.70. The summed E-state index contributed by atoms with van der Waals surface area (Å²) in [6.07, 6.45) is 7.83. The lowest BCUT2D eigenvalue weighted by Gasteiger charge is -2.29. The van der Waals surface area contributed by atoms with Gasteiger partial charge < -0.3 is 9.30 Å². The van der Waals surface area contributed by atoms with Gasteiger partial charge in [0.05, 0.1) is 24.3 Å². The van der Waals surface area contributed by atoms with E-state index in [1.54, 1.807) is 0 Å². The van der Waals surface area contributed by atoms with Crippen molar-refractivity contribution in [3.8, 4) is 0 Å². The summed E-state index contributed by atoms with van der Waals surface area (Å²) in [5.74, 6) is 0. The fraction of sp³-hybridized carbons (Fsp3) is 0.750. The molecule has 2 heterocycles. The number of hydrogen-bond donors (Lipinski definition) is 0. The number of hydrogen-bond acceptors (Lipinski definition) is 3. The highest BCUT2D eigenvalue weighted by Crippen LogP contribution is 2.33. The van der Waals surface area contributed by atoms with E-state index in [1.165, 1.54) is 0 Å². The Balaban J connectivity index is 2.11. The number of nitrogens with zero attached hydrogens (tertiary/aromatic N) is 3. The molecule has 1 amide bonds. The summed E-state index contributed by atoms with van der Waals surface area (Å²) < 4.78 is 7.71. The van der Waals surface area contributed by atoms with Crippen LogP contribution in [-0.2, 0) is 11.3 Å². The van der Waals surface area contributed by atoms with Gasteiger partial charge in [0.15, 0.2) is 0 Å². The number of likely N-dealkylation sites (tertiary alicyclic amines) is 1. The smallest absolute Gasteiger partial charge is 0.410 e. The number of aryl methyl sites for hydroxylation is 1. The summed E-state index contributed by atoms with van der Waals surface area (Å²) in [7, 11) is 0. The van der Waals surface area contributed by atoms with Crippen molar-refractivity contribution in [2.75, 3.05) is 6.54 Å². The predicted octanol–water partition coefficient (Wildman–Crippen LogP) is 3.76. The van der Waals surface area contributed by atoms with Crippen molar-refractivity contribution >= 4 is 6.09 Å². The molecule has 1 aliphatic rings. The molecule has 1 aliphatic heterocycles. The highest BCUT2D eigenvalue weighted by Gasteiger charge is 2.34. The molecule has 1 atom stereocenters. The van der Waals surface area contributed by atoms with Crippen LogP contribution in [0, 0.1) is 0 Å². The first-order chi connectivity index (χ1) is 9.92. The third-order valence-electron chi connectivity index (χ3n) is 3.72. The van der Waals surface area contributed by atoms with Gasteiger partial charge >= 0.3 is 6.09 Å². The van der Waals surface area contributed by atoms with E-state index < -0.39 is 5.60 Å². The monoisotopic (exact) mass is 293 g/mol. The number of ether oxygens (including phenoxy) is 1. The Labute approximate surface area is 127 Å². The maximum atomic E-state index is 12.4. The molecular weight excluding hydrogens is 266 g/mol. The fourth-order valence-electron chi connectivity index (χ4n) is 2.74. The van der Waals surface area contributed by atoms with Crippen molar-refractivity contribution in [1.29, 1.82) is 0 Å². The fourth-order valence-corrected chi connectivity index (χ4v) is 2.74. The summed E-state index contributed by atoms with van der Waals surface area (Å²) >= 11 is 0. The van der Waals surface area contributed by atoms with E-state index in [9.17, 15) is 4.79 Å². The van der Waals surface area contributed by atoms with Crippen LogP contribution in [0.3, 0.4) is 0 Å². The number of imidazole rings is 1. The third-order valence-corrected chi connectivity index (χ3v) is 3.72. The maximum absolute atomic E-state index is 12.4. The molecular formula is C16H27N3O2. The van der Waals surface area contributed by atoms with Crippen molar-refractivity contribution in [2.24, 2.45) is 0 Å². The molecule has 0 saturated carbocycles. The van der Waals surface area contributed by atoms with Gasteiger partial charge in [-0.2, -0.15) is 0 Å². The van der Waals surface area contributed by atoms with Gasteiger partial charge in [0.25, 0.3) is 0 Å². The second kappa shape index (κ2) is 6.50. The molecule has 5 heteroatoms. The molecule has 0 bridgehead atoms. The van der Waals surface area contributed by atoms with Crippen molar-refractivity contribution < 1.29 is 9.53 Å². The Bertz CT molecular complexity index is 476. The molecule has 118 valence electrons. The van der Waals surface area contributed by atoms with E-state index in [0.717, 1.165) is 44.5 Å². The van der Waals surface area contributed by atoms with Crippen LogP contribution in [0.5, 0.6) is 0 Å². The Kier molecular flexibility index (Phi) is 4.91. The topological polar surface area (TPSA) is 47.4 Å². The molecule has 0 aromatic carbocycles. The lowest BCUT2D eigenvalue weighted by molar-refractivity contribution is 0.0219. The Morgan fingerprint density at radius 2 is 2.24 bits per heavy atom. The number of unbranched alkanes of at least 4 members (excludes halogenated alkanes) is 1. The van der Waals surface area contributed by atoms with Crippen molar-refractivity contribution in [3.63, 3.8) is 0 Å². The van der Waals surface area contributed by atoms with Gasteiger partial charge in [-0.1, -0.05) is 13.3 Å². The van der Waals surface area contributed by atoms with Crippen molar-refractivity contribution in [1.82, 2.24) is 14.5 Å². The first-order valence-corrected chi connectivity index (χ1v) is 7.92. The minimum absolute atomic E-state index is 0.0965. The summed E-state index contributed by atoms with van der Waals surface area (Å²) in [4.78, 5) is 18.5. The molecule has 1 aromatic rings. The lowest BCUT2D eigenvalue weighted by Crippen LogP contribution is -2.37. The lowest BCUT2D eigenvalue weighted by atomic mass is 10.1. The molecule has 1 fully saturated rings. The quantitative estimate of drug-likeness (QED) is 0.849. The van der Waals surface area contributed by atoms with Crippen LogP contribution in [-0.4, -0.2) is 32.7 Å². The zero-order valence-electron chi connectivity index (χ0n) is 13.6. The van der Waals surface area contributed by atoms with Crippen molar-refractivity contribution in [3.05, 3.63) is 18.2 Å². The first kappa shape index (κ1) is 15.9. The van der Waals surface area contributed by atoms with Gasteiger partial charge in [0.2, 0.25) is 0 Å². The highest BCUT2D eigenvalue weighted by atomic mass is 16.6. The Morgan fingerprint density at radius 1 is 1.48 bits per heavy atom. The van der Waals surface area contributed by atoms with Crippen LogP contribution >= 0.6 is 0 Å². The first-order valence-electron chi connectivity index (χ1n) is 7.92. The van der Waals surface area contributed by atoms with E-state index in [2.05, 4.69) is 16.5 Å². The average Bonchev–Trinajstić information content (AvgIpc) is 3.02. The highest BCUT2D eigenvalue weighted by molar-refractivity contribution is 5.69. The predicted molar refractivity (Wildman–Crippen MR) is 82.1 cm³/mol. The minimum Gasteiger partial charge on any atom is -0.444 e. The molecule has 0 aliphatic carbocycles. The Hall–Kier alpha value is -1.52. The summed E-state index contributed by atoms with van der Waals surface area (Å²) in [5.41, 5.74) is 0.680. The van der Waals surface area contributed by atoms with Crippen LogP contribution in [0.4, 0.5) is 4.79 Å². The van der Waals surface area contributed by atoms with E-state index in [4.69, 9.17) is 4.74 Å². The number of aromatic nitrogens is 2. The number of amides is 1. The molecule has 0 spiro atoms. The van der Waals surface area contributed by atoms with Crippen LogP contribution in [0.15, 0.2) is 12.5 Å². The SMILES string of the molecule is CCCCn1cncc1C1CCCN1C(=O)OC(C)(C)C. The van der Waals surface area contributed by atoms with Gasteiger partial charge in [-0.15, -0.1) is 0 Å². The Morgan fingerprint density at radius 3 is 2.90 bits per heavy atom.